The maximum absolute atomic E-state index is 4.17. The zero-order valence-electron chi connectivity index (χ0n) is 4.09. The Kier molecular flexibility index (Phi) is 0.494. The number of hydrogen-bond acceptors (Lipinski definition) is 2. The van der Waals surface area contributed by atoms with Crippen LogP contribution in [0.25, 0.3) is 0 Å². The molecule has 0 saturated heterocycles. The van der Waals surface area contributed by atoms with Gasteiger partial charge in [-0.2, -0.15) is 0 Å². The molecule has 1 N–H and O–H groups in total. The minimum Gasteiger partial charge on any atom is -0.372 e. The first-order chi connectivity index (χ1) is 3.47. The molecule has 2 heteroatoms. The summed E-state index contributed by atoms with van der Waals surface area (Å²) in [6, 6.07) is 1.37. The number of hydrogen-bond donors (Lipinski definition) is 1. The van der Waals surface area contributed by atoms with Gasteiger partial charge in [0.2, 0.25) is 0 Å². The van der Waals surface area contributed by atoms with Crippen molar-refractivity contribution in [3.63, 3.8) is 0 Å². The number of nitrogens with zero attached hydrogens (tertiary/aromatic N) is 1. The van der Waals surface area contributed by atoms with Crippen molar-refractivity contribution in [3.05, 3.63) is 0 Å². The lowest BCUT2D eigenvalue weighted by molar-refractivity contribution is 0.347. The van der Waals surface area contributed by atoms with Crippen LogP contribution in [0.4, 0.5) is 0 Å². The summed E-state index contributed by atoms with van der Waals surface area (Å²) in [5, 5.41) is 3.16. The fraction of sp³-hybridized carbons (Fsp3) is 0.800. The van der Waals surface area contributed by atoms with E-state index in [1.54, 1.807) is 0 Å². The molecule has 0 amide bonds. The highest BCUT2D eigenvalue weighted by atomic mass is 15.1. The summed E-state index contributed by atoms with van der Waals surface area (Å²) in [6.45, 7) is 0. The number of aliphatic imine (C=N–C) groups is 1. The van der Waals surface area contributed by atoms with Gasteiger partial charge in [0.05, 0.1) is 12.4 Å². The molecule has 2 atom stereocenters. The minimum atomic E-state index is 0.653. The Hall–Kier alpha value is -0.530. The van der Waals surface area contributed by atoms with E-state index in [0.717, 1.165) is 6.04 Å². The second kappa shape index (κ2) is 0.997. The maximum Gasteiger partial charge on any atom is 0.0831 e. The summed E-state index contributed by atoms with van der Waals surface area (Å²) in [6.07, 6.45) is 4.46. The van der Waals surface area contributed by atoms with E-state index in [4.69, 9.17) is 0 Å². The van der Waals surface area contributed by atoms with Gasteiger partial charge in [-0.1, -0.05) is 0 Å². The SMILES string of the molecule is C1=NC2CCC2N1. The lowest BCUT2D eigenvalue weighted by atomic mass is 9.88. The van der Waals surface area contributed by atoms with Crippen LogP contribution >= 0.6 is 0 Å². The van der Waals surface area contributed by atoms with Gasteiger partial charge in [0.1, 0.15) is 0 Å². The van der Waals surface area contributed by atoms with Gasteiger partial charge in [-0.15, -0.1) is 0 Å². The molecule has 38 valence electrons. The van der Waals surface area contributed by atoms with Gasteiger partial charge in [-0.3, -0.25) is 4.99 Å². The van der Waals surface area contributed by atoms with E-state index < -0.39 is 0 Å². The van der Waals surface area contributed by atoms with Gasteiger partial charge in [0.25, 0.3) is 0 Å². The zero-order chi connectivity index (χ0) is 4.69. The fourth-order valence-electron chi connectivity index (χ4n) is 1.09. The van der Waals surface area contributed by atoms with Crippen molar-refractivity contribution in [1.29, 1.82) is 0 Å². The summed E-state index contributed by atoms with van der Waals surface area (Å²) >= 11 is 0. The van der Waals surface area contributed by atoms with E-state index in [0.29, 0.717) is 6.04 Å². The molecular formula is C5H8N2. The molecule has 0 radical (unpaired) electrons. The van der Waals surface area contributed by atoms with Crippen LogP contribution in [-0.4, -0.2) is 18.4 Å². The van der Waals surface area contributed by atoms with Crippen molar-refractivity contribution in [2.75, 3.05) is 0 Å². The van der Waals surface area contributed by atoms with Crippen LogP contribution in [0.15, 0.2) is 4.99 Å². The molecule has 1 fully saturated rings. The molecule has 1 aliphatic carbocycles. The van der Waals surface area contributed by atoms with Crippen LogP contribution in [-0.2, 0) is 0 Å². The molecule has 0 aromatic rings. The van der Waals surface area contributed by atoms with E-state index in [1.165, 1.54) is 12.8 Å². The molecule has 0 aromatic carbocycles. The smallest absolute Gasteiger partial charge is 0.0831 e. The molecule has 2 rings (SSSR count). The Morgan fingerprint density at radius 3 is 2.86 bits per heavy atom. The summed E-state index contributed by atoms with van der Waals surface area (Å²) < 4.78 is 0. The predicted octanol–water partition coefficient (Wildman–Crippen LogP) is 0.149. The topological polar surface area (TPSA) is 24.4 Å². The Balaban J connectivity index is 2.14. The lowest BCUT2D eigenvalue weighted by Crippen LogP contribution is -2.40. The lowest BCUT2D eigenvalue weighted by Gasteiger charge is -2.27. The zero-order valence-corrected chi connectivity index (χ0v) is 4.09. The van der Waals surface area contributed by atoms with Gasteiger partial charge >= 0.3 is 0 Å². The van der Waals surface area contributed by atoms with E-state index in [-0.39, 0.29) is 0 Å². The van der Waals surface area contributed by atoms with Crippen LogP contribution in [0.3, 0.4) is 0 Å². The van der Waals surface area contributed by atoms with E-state index in [2.05, 4.69) is 10.3 Å². The van der Waals surface area contributed by atoms with Crippen LogP contribution in [0.1, 0.15) is 12.8 Å². The normalized spacial score (nSPS) is 44.6. The molecule has 2 aliphatic rings. The molecular weight excluding hydrogens is 88.1 g/mol. The molecule has 1 saturated carbocycles. The molecule has 7 heavy (non-hydrogen) atoms. The fourth-order valence-corrected chi connectivity index (χ4v) is 1.09. The van der Waals surface area contributed by atoms with Gasteiger partial charge in [0.15, 0.2) is 0 Å². The average Bonchev–Trinajstić information content (AvgIpc) is 1.85. The minimum absolute atomic E-state index is 0.653. The van der Waals surface area contributed by atoms with Crippen LogP contribution in [0, 0.1) is 0 Å². The van der Waals surface area contributed by atoms with Crippen molar-refractivity contribution in [2.24, 2.45) is 4.99 Å². The van der Waals surface area contributed by atoms with Crippen molar-refractivity contribution in [2.45, 2.75) is 24.9 Å². The monoisotopic (exact) mass is 96.1 g/mol. The van der Waals surface area contributed by atoms with Crippen LogP contribution in [0.2, 0.25) is 0 Å². The average molecular weight is 96.1 g/mol. The summed E-state index contributed by atoms with van der Waals surface area (Å²) in [5.41, 5.74) is 0. The Bertz CT molecular complexity index is 109. The summed E-state index contributed by atoms with van der Waals surface area (Å²) in [5.74, 6) is 0. The van der Waals surface area contributed by atoms with Crippen molar-refractivity contribution >= 4 is 6.34 Å². The molecule has 1 aliphatic heterocycles. The first-order valence-corrected chi connectivity index (χ1v) is 2.74. The predicted molar refractivity (Wildman–Crippen MR) is 28.4 cm³/mol. The van der Waals surface area contributed by atoms with Crippen LogP contribution < -0.4 is 5.32 Å². The number of rotatable bonds is 0. The summed E-state index contributed by atoms with van der Waals surface area (Å²) in [4.78, 5) is 4.17. The van der Waals surface area contributed by atoms with E-state index in [9.17, 15) is 0 Å². The largest absolute Gasteiger partial charge is 0.372 e. The molecule has 2 nitrogen and oxygen atoms in total. The first kappa shape index (κ1) is 3.47. The Morgan fingerprint density at radius 1 is 1.57 bits per heavy atom. The van der Waals surface area contributed by atoms with E-state index in [1.807, 2.05) is 6.34 Å². The number of fused-ring (bicyclic) bond motifs is 1. The third-order valence-electron chi connectivity index (χ3n) is 1.79. The van der Waals surface area contributed by atoms with Crippen molar-refractivity contribution < 1.29 is 0 Å². The van der Waals surface area contributed by atoms with E-state index >= 15 is 0 Å². The highest BCUT2D eigenvalue weighted by Crippen LogP contribution is 2.24. The summed E-state index contributed by atoms with van der Waals surface area (Å²) in [7, 11) is 0. The highest BCUT2D eigenvalue weighted by Gasteiger charge is 2.32. The third kappa shape index (κ3) is 0.315. The molecule has 0 spiro atoms. The molecule has 0 bridgehead atoms. The van der Waals surface area contributed by atoms with Gasteiger partial charge in [-0.05, 0) is 12.8 Å². The second-order valence-corrected chi connectivity index (χ2v) is 2.20. The molecule has 1 heterocycles. The molecule has 0 aromatic heterocycles. The first-order valence-electron chi connectivity index (χ1n) is 2.74. The second-order valence-electron chi connectivity index (χ2n) is 2.20. The maximum atomic E-state index is 4.17. The highest BCUT2D eigenvalue weighted by molar-refractivity contribution is 5.59. The van der Waals surface area contributed by atoms with Crippen molar-refractivity contribution in [1.82, 2.24) is 5.32 Å². The van der Waals surface area contributed by atoms with Crippen LogP contribution in [0.5, 0.6) is 0 Å². The standard InChI is InChI=1S/C5H8N2/c1-2-5-4(1)6-3-7-5/h3-5H,1-2H2,(H,6,7). The van der Waals surface area contributed by atoms with Gasteiger partial charge < -0.3 is 5.32 Å². The number of nitrogens with one attached hydrogen (secondary N) is 1. The Morgan fingerprint density at radius 2 is 2.57 bits per heavy atom. The quantitative estimate of drug-likeness (QED) is 0.456. The van der Waals surface area contributed by atoms with Gasteiger partial charge in [0, 0.05) is 6.04 Å². The third-order valence-corrected chi connectivity index (χ3v) is 1.79. The van der Waals surface area contributed by atoms with Gasteiger partial charge in [-0.25, -0.2) is 0 Å². The molecule has 2 unspecified atom stereocenters. The Labute approximate surface area is 42.6 Å². The van der Waals surface area contributed by atoms with Crippen molar-refractivity contribution in [3.8, 4) is 0 Å².